The van der Waals surface area contributed by atoms with Crippen LogP contribution in [0.15, 0.2) is 16.1 Å². The molecule has 0 bridgehead atoms. The topological polar surface area (TPSA) is 79.3 Å². The standard InChI is InChI=1S/C13H14N2O3S2/c1-8-5-19-7-10(8)12(18)15-13-14-9(6-20-13)3-2-4-11(16)17/h5-7H,2-4H2,1H3,(H,16,17)(H,14,15,18). The third-order valence-electron chi connectivity index (χ3n) is 2.70. The molecule has 0 fully saturated rings. The number of hydrogen-bond acceptors (Lipinski definition) is 5. The molecule has 0 saturated carbocycles. The quantitative estimate of drug-likeness (QED) is 0.859. The van der Waals surface area contributed by atoms with Gasteiger partial charge in [-0.05, 0) is 30.7 Å². The predicted molar refractivity (Wildman–Crippen MR) is 79.7 cm³/mol. The predicted octanol–water partition coefficient (Wildman–Crippen LogP) is 3.17. The molecule has 0 aromatic carbocycles. The second-order valence-corrected chi connectivity index (χ2v) is 5.92. The molecular weight excluding hydrogens is 296 g/mol. The van der Waals surface area contributed by atoms with E-state index in [9.17, 15) is 9.59 Å². The van der Waals surface area contributed by atoms with Crippen LogP contribution >= 0.6 is 22.7 Å². The Morgan fingerprint density at radius 2 is 2.15 bits per heavy atom. The van der Waals surface area contributed by atoms with Crippen LogP contribution in [0.4, 0.5) is 5.13 Å². The second kappa shape index (κ2) is 6.62. The van der Waals surface area contributed by atoms with Crippen LogP contribution in [0.5, 0.6) is 0 Å². The Labute approximate surface area is 124 Å². The first kappa shape index (κ1) is 14.7. The van der Waals surface area contributed by atoms with Crippen molar-refractivity contribution in [2.24, 2.45) is 0 Å². The number of aliphatic carboxylic acids is 1. The number of nitrogens with one attached hydrogen (secondary N) is 1. The van der Waals surface area contributed by atoms with Crippen LogP contribution in [0, 0.1) is 6.92 Å². The third kappa shape index (κ3) is 3.88. The van der Waals surface area contributed by atoms with E-state index in [1.807, 2.05) is 23.1 Å². The van der Waals surface area contributed by atoms with Crippen LogP contribution in [0.3, 0.4) is 0 Å². The molecule has 1 amide bonds. The fourth-order valence-electron chi connectivity index (χ4n) is 1.66. The number of thiophene rings is 1. The van der Waals surface area contributed by atoms with Crippen LogP contribution in [0.2, 0.25) is 0 Å². The summed E-state index contributed by atoms with van der Waals surface area (Å²) in [6, 6.07) is 0. The molecule has 20 heavy (non-hydrogen) atoms. The Bertz CT molecular complexity index is 619. The van der Waals surface area contributed by atoms with Crippen LogP contribution < -0.4 is 5.32 Å². The monoisotopic (exact) mass is 310 g/mol. The van der Waals surface area contributed by atoms with Gasteiger partial charge in [0.25, 0.3) is 5.91 Å². The first-order valence-electron chi connectivity index (χ1n) is 6.06. The summed E-state index contributed by atoms with van der Waals surface area (Å²) in [7, 11) is 0. The molecule has 0 radical (unpaired) electrons. The molecule has 0 spiro atoms. The molecule has 7 heteroatoms. The number of anilines is 1. The van der Waals surface area contributed by atoms with E-state index in [2.05, 4.69) is 10.3 Å². The number of aromatic nitrogens is 1. The van der Waals surface area contributed by atoms with E-state index in [0.717, 1.165) is 11.3 Å². The summed E-state index contributed by atoms with van der Waals surface area (Å²) in [5.74, 6) is -0.961. The zero-order valence-corrected chi connectivity index (χ0v) is 12.5. The van der Waals surface area contributed by atoms with Crippen molar-refractivity contribution in [2.75, 3.05) is 5.32 Å². The minimum atomic E-state index is -0.804. The fraction of sp³-hybridized carbons (Fsp3) is 0.308. The number of carbonyl (C=O) groups excluding carboxylic acids is 1. The summed E-state index contributed by atoms with van der Waals surface area (Å²) in [4.78, 5) is 26.7. The highest BCUT2D eigenvalue weighted by Gasteiger charge is 2.12. The second-order valence-electron chi connectivity index (χ2n) is 4.31. The number of carboxylic acid groups (broad SMARTS) is 1. The first-order chi connectivity index (χ1) is 9.56. The molecule has 0 atom stereocenters. The van der Waals surface area contributed by atoms with Gasteiger partial charge in [-0.2, -0.15) is 11.3 Å². The molecule has 2 N–H and O–H groups in total. The van der Waals surface area contributed by atoms with Crippen molar-refractivity contribution >= 4 is 39.7 Å². The molecule has 2 aromatic rings. The van der Waals surface area contributed by atoms with Gasteiger partial charge in [0, 0.05) is 17.2 Å². The Kier molecular flexibility index (Phi) is 4.86. The van der Waals surface area contributed by atoms with E-state index in [1.165, 1.54) is 22.7 Å². The number of aryl methyl sites for hydroxylation is 2. The maximum atomic E-state index is 12.0. The largest absolute Gasteiger partial charge is 0.481 e. The highest BCUT2D eigenvalue weighted by atomic mass is 32.1. The molecule has 0 saturated heterocycles. The van der Waals surface area contributed by atoms with E-state index in [-0.39, 0.29) is 12.3 Å². The average Bonchev–Trinajstić information content (AvgIpc) is 2.98. The van der Waals surface area contributed by atoms with E-state index in [0.29, 0.717) is 23.5 Å². The normalized spacial score (nSPS) is 10.4. The van der Waals surface area contributed by atoms with Crippen molar-refractivity contribution in [3.05, 3.63) is 33.0 Å². The maximum Gasteiger partial charge on any atom is 0.303 e. The van der Waals surface area contributed by atoms with Crippen molar-refractivity contribution in [3.63, 3.8) is 0 Å². The number of carbonyl (C=O) groups is 2. The number of hydrogen-bond donors (Lipinski definition) is 2. The fourth-order valence-corrected chi connectivity index (χ4v) is 3.23. The SMILES string of the molecule is Cc1cscc1C(=O)Nc1nc(CCCC(=O)O)cs1. The van der Waals surface area contributed by atoms with Crippen molar-refractivity contribution in [1.29, 1.82) is 0 Å². The first-order valence-corrected chi connectivity index (χ1v) is 7.89. The highest BCUT2D eigenvalue weighted by molar-refractivity contribution is 7.14. The summed E-state index contributed by atoms with van der Waals surface area (Å²) in [5, 5.41) is 17.5. The van der Waals surface area contributed by atoms with Crippen LogP contribution in [-0.4, -0.2) is 22.0 Å². The van der Waals surface area contributed by atoms with Gasteiger partial charge in [-0.25, -0.2) is 4.98 Å². The summed E-state index contributed by atoms with van der Waals surface area (Å²) >= 11 is 2.84. The molecule has 0 aliphatic rings. The third-order valence-corrected chi connectivity index (χ3v) is 4.36. The molecule has 2 heterocycles. The lowest BCUT2D eigenvalue weighted by atomic mass is 10.2. The molecular formula is C13H14N2O3S2. The van der Waals surface area contributed by atoms with Gasteiger partial charge in [-0.3, -0.25) is 14.9 Å². The number of nitrogens with zero attached hydrogens (tertiary/aromatic N) is 1. The minimum absolute atomic E-state index is 0.132. The Morgan fingerprint density at radius 3 is 2.80 bits per heavy atom. The molecule has 5 nitrogen and oxygen atoms in total. The smallest absolute Gasteiger partial charge is 0.303 e. The van der Waals surface area contributed by atoms with Gasteiger partial charge in [-0.1, -0.05) is 0 Å². The lowest BCUT2D eigenvalue weighted by Crippen LogP contribution is -2.11. The number of carboxylic acids is 1. The Balaban J connectivity index is 1.91. The zero-order valence-electron chi connectivity index (χ0n) is 10.9. The van der Waals surface area contributed by atoms with Gasteiger partial charge in [0.15, 0.2) is 5.13 Å². The molecule has 2 aromatic heterocycles. The zero-order chi connectivity index (χ0) is 14.5. The van der Waals surface area contributed by atoms with Crippen molar-refractivity contribution in [2.45, 2.75) is 26.2 Å². The van der Waals surface area contributed by atoms with E-state index < -0.39 is 5.97 Å². The number of thiazole rings is 1. The summed E-state index contributed by atoms with van der Waals surface area (Å²) in [6.45, 7) is 1.89. The van der Waals surface area contributed by atoms with Gasteiger partial charge in [0.1, 0.15) is 0 Å². The summed E-state index contributed by atoms with van der Waals surface area (Å²) in [6.07, 6.45) is 1.29. The lowest BCUT2D eigenvalue weighted by Gasteiger charge is -2.00. The van der Waals surface area contributed by atoms with Gasteiger partial charge < -0.3 is 5.11 Å². The average molecular weight is 310 g/mol. The minimum Gasteiger partial charge on any atom is -0.481 e. The maximum absolute atomic E-state index is 12.0. The van der Waals surface area contributed by atoms with Crippen molar-refractivity contribution < 1.29 is 14.7 Å². The molecule has 0 aliphatic heterocycles. The van der Waals surface area contributed by atoms with E-state index in [4.69, 9.17) is 5.11 Å². The Morgan fingerprint density at radius 1 is 1.35 bits per heavy atom. The van der Waals surface area contributed by atoms with Crippen LogP contribution in [0.25, 0.3) is 0 Å². The van der Waals surface area contributed by atoms with Gasteiger partial charge in [0.2, 0.25) is 0 Å². The van der Waals surface area contributed by atoms with E-state index >= 15 is 0 Å². The van der Waals surface area contributed by atoms with Gasteiger partial charge in [0.05, 0.1) is 11.3 Å². The summed E-state index contributed by atoms with van der Waals surface area (Å²) < 4.78 is 0. The van der Waals surface area contributed by atoms with Gasteiger partial charge in [-0.15, -0.1) is 11.3 Å². The van der Waals surface area contributed by atoms with E-state index in [1.54, 1.807) is 0 Å². The Hall–Kier alpha value is -1.73. The van der Waals surface area contributed by atoms with Crippen molar-refractivity contribution in [1.82, 2.24) is 4.98 Å². The lowest BCUT2D eigenvalue weighted by molar-refractivity contribution is -0.137. The van der Waals surface area contributed by atoms with Crippen LogP contribution in [-0.2, 0) is 11.2 Å². The number of rotatable bonds is 6. The molecule has 0 aliphatic carbocycles. The van der Waals surface area contributed by atoms with Crippen LogP contribution in [0.1, 0.15) is 34.5 Å². The molecule has 0 unspecified atom stereocenters. The molecule has 106 valence electrons. The molecule has 2 rings (SSSR count). The summed E-state index contributed by atoms with van der Waals surface area (Å²) in [5.41, 5.74) is 2.43. The highest BCUT2D eigenvalue weighted by Crippen LogP contribution is 2.20. The van der Waals surface area contributed by atoms with Gasteiger partial charge >= 0.3 is 5.97 Å². The number of amides is 1. The van der Waals surface area contributed by atoms with Crippen molar-refractivity contribution in [3.8, 4) is 0 Å².